The fraction of sp³-hybridized carbons (Fsp3) is 0.571. The predicted molar refractivity (Wildman–Crippen MR) is 71.7 cm³/mol. The smallest absolute Gasteiger partial charge is 0.275 e. The number of amides is 1. The van der Waals surface area contributed by atoms with Gasteiger partial charge in [0.2, 0.25) is 0 Å². The highest BCUT2D eigenvalue weighted by atomic mass is 16.5. The third kappa shape index (κ3) is 2.64. The molecule has 5 heteroatoms. The summed E-state index contributed by atoms with van der Waals surface area (Å²) in [5, 5.41) is 7.10. The Labute approximate surface area is 113 Å². The summed E-state index contributed by atoms with van der Waals surface area (Å²) < 4.78 is 5.71. The van der Waals surface area contributed by atoms with Crippen LogP contribution >= 0.6 is 0 Å². The lowest BCUT2D eigenvalue weighted by Crippen LogP contribution is -2.30. The van der Waals surface area contributed by atoms with E-state index in [0.717, 1.165) is 11.3 Å². The van der Waals surface area contributed by atoms with E-state index < -0.39 is 0 Å². The van der Waals surface area contributed by atoms with Crippen LogP contribution in [0.4, 0.5) is 0 Å². The molecule has 0 aromatic carbocycles. The van der Waals surface area contributed by atoms with Crippen LogP contribution < -0.4 is 0 Å². The fourth-order valence-electron chi connectivity index (χ4n) is 2.30. The summed E-state index contributed by atoms with van der Waals surface area (Å²) in [6.07, 6.45) is 0.769. The Kier molecular flexibility index (Phi) is 3.91. The first-order valence-electron chi connectivity index (χ1n) is 6.42. The molecular weight excluding hydrogens is 242 g/mol. The van der Waals surface area contributed by atoms with Crippen LogP contribution in [0.15, 0.2) is 0 Å². The summed E-state index contributed by atoms with van der Waals surface area (Å²) in [6.45, 7) is 6.15. The molecule has 0 fully saturated rings. The van der Waals surface area contributed by atoms with Crippen molar-refractivity contribution >= 4 is 5.91 Å². The Morgan fingerprint density at radius 2 is 2.32 bits per heavy atom. The molecule has 19 heavy (non-hydrogen) atoms. The minimum absolute atomic E-state index is 0.0476. The van der Waals surface area contributed by atoms with Crippen LogP contribution in [0.2, 0.25) is 0 Å². The highest BCUT2D eigenvalue weighted by molar-refractivity contribution is 5.94. The molecule has 0 radical (unpaired) electrons. The van der Waals surface area contributed by atoms with Gasteiger partial charge in [0, 0.05) is 19.0 Å². The number of carbonyl (C=O) groups is 1. The monoisotopic (exact) mass is 261 g/mol. The van der Waals surface area contributed by atoms with Gasteiger partial charge in [0.15, 0.2) is 5.69 Å². The van der Waals surface area contributed by atoms with Crippen molar-refractivity contribution in [2.24, 2.45) is 0 Å². The van der Waals surface area contributed by atoms with Gasteiger partial charge in [-0.05, 0) is 20.8 Å². The molecule has 5 nitrogen and oxygen atoms in total. The van der Waals surface area contributed by atoms with Gasteiger partial charge >= 0.3 is 0 Å². The lowest BCUT2D eigenvalue weighted by molar-refractivity contribution is -0.00700. The molecule has 102 valence electrons. The lowest BCUT2D eigenvalue weighted by Gasteiger charge is -2.25. The van der Waals surface area contributed by atoms with Crippen molar-refractivity contribution in [3.05, 3.63) is 17.0 Å². The maximum atomic E-state index is 12.3. The Hall–Kier alpha value is -1.80. The molecular formula is C14H19N3O2. The molecule has 1 amide bonds. The number of fused-ring (bicyclic) bond motifs is 1. The Morgan fingerprint density at radius 1 is 1.58 bits per heavy atom. The van der Waals surface area contributed by atoms with E-state index in [9.17, 15) is 4.79 Å². The van der Waals surface area contributed by atoms with Crippen molar-refractivity contribution in [2.75, 3.05) is 13.6 Å². The van der Waals surface area contributed by atoms with Crippen molar-refractivity contribution < 1.29 is 9.53 Å². The van der Waals surface area contributed by atoms with Crippen molar-refractivity contribution in [1.82, 2.24) is 15.1 Å². The molecule has 0 unspecified atom stereocenters. The molecule has 1 aliphatic heterocycles. The van der Waals surface area contributed by atoms with Gasteiger partial charge in [0.25, 0.3) is 5.91 Å². The highest BCUT2D eigenvalue weighted by Crippen LogP contribution is 2.30. The standard InChI is InChI=1S/C14H19N3O2/c1-5-6-7-17(4)14(18)13-11-8-9(2)19-10(3)12(11)15-16-13/h9-10H,7-8H2,1-4H3,(H,15,16)/t9-,10+/m0/s1. The van der Waals surface area contributed by atoms with Crippen LogP contribution in [-0.4, -0.2) is 40.7 Å². The molecule has 0 spiro atoms. The lowest BCUT2D eigenvalue weighted by atomic mass is 9.99. The molecule has 2 heterocycles. The summed E-state index contributed by atoms with van der Waals surface area (Å²) in [4.78, 5) is 13.9. The highest BCUT2D eigenvalue weighted by Gasteiger charge is 2.30. The first kappa shape index (κ1) is 13.6. The van der Waals surface area contributed by atoms with E-state index in [1.165, 1.54) is 0 Å². The van der Waals surface area contributed by atoms with E-state index in [-0.39, 0.29) is 18.1 Å². The van der Waals surface area contributed by atoms with E-state index >= 15 is 0 Å². The maximum Gasteiger partial charge on any atom is 0.275 e. The number of H-pyrrole nitrogens is 1. The largest absolute Gasteiger partial charge is 0.369 e. The van der Waals surface area contributed by atoms with Crippen LogP contribution in [0.3, 0.4) is 0 Å². The summed E-state index contributed by atoms with van der Waals surface area (Å²) in [5.41, 5.74) is 2.39. The summed E-state index contributed by atoms with van der Waals surface area (Å²) in [6, 6.07) is 0. The molecule has 1 aromatic heterocycles. The number of rotatable bonds is 2. The van der Waals surface area contributed by atoms with Crippen LogP contribution in [-0.2, 0) is 11.2 Å². The Morgan fingerprint density at radius 3 is 3.00 bits per heavy atom. The topological polar surface area (TPSA) is 58.2 Å². The molecule has 0 bridgehead atoms. The van der Waals surface area contributed by atoms with E-state index in [1.807, 2.05) is 13.8 Å². The van der Waals surface area contributed by atoms with Gasteiger partial charge < -0.3 is 9.64 Å². The molecule has 2 atom stereocenters. The third-order valence-corrected chi connectivity index (χ3v) is 3.28. The first-order valence-corrected chi connectivity index (χ1v) is 6.42. The Bertz CT molecular complexity index is 539. The zero-order valence-corrected chi connectivity index (χ0v) is 11.8. The number of aromatic amines is 1. The second-order valence-electron chi connectivity index (χ2n) is 4.85. The molecule has 2 rings (SSSR count). The van der Waals surface area contributed by atoms with Crippen molar-refractivity contribution in [3.8, 4) is 11.8 Å². The average Bonchev–Trinajstić information content (AvgIpc) is 2.78. The van der Waals surface area contributed by atoms with Crippen LogP contribution in [0, 0.1) is 11.8 Å². The van der Waals surface area contributed by atoms with E-state index in [4.69, 9.17) is 4.74 Å². The quantitative estimate of drug-likeness (QED) is 0.821. The van der Waals surface area contributed by atoms with Crippen LogP contribution in [0.1, 0.15) is 48.6 Å². The van der Waals surface area contributed by atoms with Gasteiger partial charge in [0.05, 0.1) is 24.4 Å². The minimum Gasteiger partial charge on any atom is -0.369 e. The zero-order valence-electron chi connectivity index (χ0n) is 11.8. The summed E-state index contributed by atoms with van der Waals surface area (Å²) in [7, 11) is 1.74. The summed E-state index contributed by atoms with van der Waals surface area (Å²) >= 11 is 0. The second kappa shape index (κ2) is 5.45. The SMILES string of the molecule is CC#CCN(C)C(=O)c1n[nH]c2c1C[C@H](C)O[C@@H]2C. The zero-order chi connectivity index (χ0) is 14.0. The number of nitrogens with zero attached hydrogens (tertiary/aromatic N) is 2. The van der Waals surface area contributed by atoms with E-state index in [0.29, 0.717) is 18.7 Å². The van der Waals surface area contributed by atoms with E-state index in [1.54, 1.807) is 18.9 Å². The number of hydrogen-bond acceptors (Lipinski definition) is 3. The van der Waals surface area contributed by atoms with Crippen LogP contribution in [0.5, 0.6) is 0 Å². The normalized spacial score (nSPS) is 21.3. The van der Waals surface area contributed by atoms with Gasteiger partial charge in [0.1, 0.15) is 0 Å². The molecule has 1 N–H and O–H groups in total. The molecule has 1 aromatic rings. The van der Waals surface area contributed by atoms with Crippen molar-refractivity contribution in [2.45, 2.75) is 39.4 Å². The van der Waals surface area contributed by atoms with Crippen LogP contribution in [0.25, 0.3) is 0 Å². The number of carbonyl (C=O) groups excluding carboxylic acids is 1. The number of ether oxygens (including phenoxy) is 1. The fourth-order valence-corrected chi connectivity index (χ4v) is 2.30. The minimum atomic E-state index is -0.0958. The number of hydrogen-bond donors (Lipinski definition) is 1. The Balaban J connectivity index is 2.26. The van der Waals surface area contributed by atoms with Gasteiger partial charge in [-0.2, -0.15) is 5.10 Å². The van der Waals surface area contributed by atoms with Gasteiger partial charge in [-0.1, -0.05) is 5.92 Å². The van der Waals surface area contributed by atoms with Gasteiger partial charge in [-0.25, -0.2) is 0 Å². The number of aromatic nitrogens is 2. The van der Waals surface area contributed by atoms with Gasteiger partial charge in [-0.15, -0.1) is 5.92 Å². The maximum absolute atomic E-state index is 12.3. The first-order chi connectivity index (χ1) is 9.04. The molecule has 1 aliphatic rings. The predicted octanol–water partition coefficient (Wildman–Crippen LogP) is 1.53. The molecule has 0 aliphatic carbocycles. The van der Waals surface area contributed by atoms with Crippen molar-refractivity contribution in [1.29, 1.82) is 0 Å². The summed E-state index contributed by atoms with van der Waals surface area (Å²) in [5.74, 6) is 5.57. The molecule has 0 saturated carbocycles. The number of nitrogens with one attached hydrogen (secondary N) is 1. The third-order valence-electron chi connectivity index (χ3n) is 3.28. The second-order valence-corrected chi connectivity index (χ2v) is 4.85. The molecule has 0 saturated heterocycles. The van der Waals surface area contributed by atoms with Gasteiger partial charge in [-0.3, -0.25) is 9.89 Å². The average molecular weight is 261 g/mol. The van der Waals surface area contributed by atoms with Crippen molar-refractivity contribution in [3.63, 3.8) is 0 Å². The van der Waals surface area contributed by atoms with E-state index in [2.05, 4.69) is 22.0 Å².